The van der Waals surface area contributed by atoms with E-state index in [0.717, 1.165) is 16.7 Å². The average molecular weight is 415 g/mol. The molecule has 6 heteroatoms. The van der Waals surface area contributed by atoms with Crippen LogP contribution in [0.15, 0.2) is 53.4 Å². The predicted molar refractivity (Wildman–Crippen MR) is 115 cm³/mol. The smallest absolute Gasteiger partial charge is 0.243 e. The maximum atomic E-state index is 13.4. The van der Waals surface area contributed by atoms with Crippen LogP contribution in [0.3, 0.4) is 0 Å². The van der Waals surface area contributed by atoms with E-state index >= 15 is 0 Å². The molecule has 0 saturated heterocycles. The fourth-order valence-corrected chi connectivity index (χ4v) is 5.61. The molecular formula is C23H30N2O3S. The number of benzene rings is 2. The molecule has 0 aromatic heterocycles. The van der Waals surface area contributed by atoms with E-state index in [1.165, 1.54) is 0 Å². The van der Waals surface area contributed by atoms with Crippen molar-refractivity contribution in [1.82, 2.24) is 9.21 Å². The van der Waals surface area contributed by atoms with Gasteiger partial charge in [-0.15, -0.1) is 0 Å². The van der Waals surface area contributed by atoms with Crippen LogP contribution in [0.1, 0.15) is 50.4 Å². The van der Waals surface area contributed by atoms with Gasteiger partial charge in [0.25, 0.3) is 0 Å². The summed E-state index contributed by atoms with van der Waals surface area (Å²) in [4.78, 5) is 14.5. The fraction of sp³-hybridized carbons (Fsp3) is 0.435. The SMILES string of the molecule is CCN([C@H](C)c1ccccc1)S(=O)(=O)c1ccc2c(c1)CCN(C(=O)C(C)C)C2. The van der Waals surface area contributed by atoms with Gasteiger partial charge in [-0.1, -0.05) is 57.2 Å². The first-order chi connectivity index (χ1) is 13.8. The van der Waals surface area contributed by atoms with Crippen molar-refractivity contribution in [3.8, 4) is 0 Å². The van der Waals surface area contributed by atoms with Crippen LogP contribution < -0.4 is 0 Å². The molecule has 0 aliphatic carbocycles. The Hall–Kier alpha value is -2.18. The molecule has 0 unspecified atom stereocenters. The van der Waals surface area contributed by atoms with E-state index in [9.17, 15) is 13.2 Å². The summed E-state index contributed by atoms with van der Waals surface area (Å²) < 4.78 is 28.3. The van der Waals surface area contributed by atoms with Crippen LogP contribution in [-0.2, 0) is 27.8 Å². The normalized spacial score (nSPS) is 15.4. The minimum absolute atomic E-state index is 0.0335. The molecule has 1 aliphatic rings. The Morgan fingerprint density at radius 1 is 1.07 bits per heavy atom. The van der Waals surface area contributed by atoms with E-state index < -0.39 is 10.0 Å². The van der Waals surface area contributed by atoms with Crippen LogP contribution in [0.5, 0.6) is 0 Å². The van der Waals surface area contributed by atoms with E-state index in [1.807, 2.05) is 69.0 Å². The Bertz CT molecular complexity index is 971. The van der Waals surface area contributed by atoms with Gasteiger partial charge in [-0.05, 0) is 42.2 Å². The lowest BCUT2D eigenvalue weighted by Crippen LogP contribution is -2.38. The van der Waals surface area contributed by atoms with Gasteiger partial charge in [0, 0.05) is 31.6 Å². The summed E-state index contributed by atoms with van der Waals surface area (Å²) >= 11 is 0. The van der Waals surface area contributed by atoms with Gasteiger partial charge < -0.3 is 4.90 Å². The molecule has 0 N–H and O–H groups in total. The minimum Gasteiger partial charge on any atom is -0.338 e. The summed E-state index contributed by atoms with van der Waals surface area (Å²) in [6, 6.07) is 14.8. The lowest BCUT2D eigenvalue weighted by atomic mass is 9.99. The van der Waals surface area contributed by atoms with Gasteiger partial charge in [0.2, 0.25) is 15.9 Å². The number of hydrogen-bond donors (Lipinski definition) is 0. The van der Waals surface area contributed by atoms with Gasteiger partial charge in [-0.25, -0.2) is 8.42 Å². The molecule has 0 spiro atoms. The fourth-order valence-electron chi connectivity index (χ4n) is 3.93. The highest BCUT2D eigenvalue weighted by molar-refractivity contribution is 7.89. The maximum absolute atomic E-state index is 13.4. The summed E-state index contributed by atoms with van der Waals surface area (Å²) in [5, 5.41) is 0. The number of nitrogens with zero attached hydrogens (tertiary/aromatic N) is 2. The molecule has 1 heterocycles. The number of sulfonamides is 1. The highest BCUT2D eigenvalue weighted by Crippen LogP contribution is 2.29. The van der Waals surface area contributed by atoms with E-state index in [4.69, 9.17) is 0 Å². The maximum Gasteiger partial charge on any atom is 0.243 e. The number of hydrogen-bond acceptors (Lipinski definition) is 3. The molecule has 3 rings (SSSR count). The van der Waals surface area contributed by atoms with Crippen molar-refractivity contribution in [2.75, 3.05) is 13.1 Å². The van der Waals surface area contributed by atoms with Crippen LogP contribution in [0.4, 0.5) is 0 Å². The molecule has 0 fully saturated rings. The summed E-state index contributed by atoms with van der Waals surface area (Å²) in [6.45, 7) is 9.17. The molecule has 1 aliphatic heterocycles. The second kappa shape index (κ2) is 8.67. The zero-order valence-corrected chi connectivity index (χ0v) is 18.4. The Labute approximate surface area is 174 Å². The molecule has 0 saturated carbocycles. The molecule has 2 aromatic carbocycles. The molecule has 29 heavy (non-hydrogen) atoms. The van der Waals surface area contributed by atoms with Crippen LogP contribution >= 0.6 is 0 Å². The zero-order valence-electron chi connectivity index (χ0n) is 17.6. The minimum atomic E-state index is -3.62. The zero-order chi connectivity index (χ0) is 21.2. The number of rotatable bonds is 6. The monoisotopic (exact) mass is 414 g/mol. The van der Waals surface area contributed by atoms with Gasteiger partial charge in [0.05, 0.1) is 4.90 Å². The van der Waals surface area contributed by atoms with Gasteiger partial charge in [-0.2, -0.15) is 4.31 Å². The van der Waals surface area contributed by atoms with Crippen molar-refractivity contribution in [2.24, 2.45) is 5.92 Å². The van der Waals surface area contributed by atoms with Crippen LogP contribution in [0, 0.1) is 5.92 Å². The molecule has 0 bridgehead atoms. The number of amides is 1. The van der Waals surface area contributed by atoms with Crippen molar-refractivity contribution >= 4 is 15.9 Å². The third-order valence-electron chi connectivity index (χ3n) is 5.63. The van der Waals surface area contributed by atoms with Gasteiger partial charge in [0.1, 0.15) is 0 Å². The van der Waals surface area contributed by atoms with Crippen LogP contribution in [-0.4, -0.2) is 36.6 Å². The predicted octanol–water partition coefficient (Wildman–Crippen LogP) is 4.00. The highest BCUT2D eigenvalue weighted by Gasteiger charge is 2.30. The van der Waals surface area contributed by atoms with E-state index in [1.54, 1.807) is 16.4 Å². The Balaban J connectivity index is 1.87. The number of carbonyl (C=O) groups excluding carboxylic acids is 1. The van der Waals surface area contributed by atoms with Gasteiger partial charge in [0.15, 0.2) is 0 Å². The van der Waals surface area contributed by atoms with Crippen molar-refractivity contribution in [2.45, 2.75) is 51.6 Å². The van der Waals surface area contributed by atoms with Gasteiger partial charge >= 0.3 is 0 Å². The summed E-state index contributed by atoms with van der Waals surface area (Å²) in [5.74, 6) is 0.106. The largest absolute Gasteiger partial charge is 0.338 e. The summed E-state index contributed by atoms with van der Waals surface area (Å²) in [6.07, 6.45) is 0.678. The molecule has 0 radical (unpaired) electrons. The number of fused-ring (bicyclic) bond motifs is 1. The summed E-state index contributed by atoms with van der Waals surface area (Å²) in [7, 11) is -3.62. The first kappa shape index (κ1) is 21.5. The van der Waals surface area contributed by atoms with E-state index in [0.29, 0.717) is 31.0 Å². The third kappa shape index (κ3) is 4.38. The highest BCUT2D eigenvalue weighted by atomic mass is 32.2. The molecule has 1 amide bonds. The molecule has 2 aromatic rings. The van der Waals surface area contributed by atoms with E-state index in [-0.39, 0.29) is 17.9 Å². The Morgan fingerprint density at radius 3 is 2.38 bits per heavy atom. The van der Waals surface area contributed by atoms with Crippen molar-refractivity contribution < 1.29 is 13.2 Å². The topological polar surface area (TPSA) is 57.7 Å². The Kier molecular flexibility index (Phi) is 6.44. The van der Waals surface area contributed by atoms with E-state index in [2.05, 4.69) is 0 Å². The van der Waals surface area contributed by atoms with Crippen molar-refractivity contribution in [1.29, 1.82) is 0 Å². The van der Waals surface area contributed by atoms with Crippen molar-refractivity contribution in [3.63, 3.8) is 0 Å². The van der Waals surface area contributed by atoms with Crippen LogP contribution in [0.25, 0.3) is 0 Å². The van der Waals surface area contributed by atoms with Crippen molar-refractivity contribution in [3.05, 3.63) is 65.2 Å². The first-order valence-corrected chi connectivity index (χ1v) is 11.7. The molecule has 5 nitrogen and oxygen atoms in total. The standard InChI is InChI=1S/C23H30N2O3S/c1-5-25(18(4)19-9-7-6-8-10-19)29(27,28)22-12-11-21-16-24(23(26)17(2)3)14-13-20(21)15-22/h6-12,15,17-18H,5,13-14,16H2,1-4H3/t18-/m1/s1. The average Bonchev–Trinajstić information content (AvgIpc) is 2.73. The Morgan fingerprint density at radius 2 is 1.76 bits per heavy atom. The third-order valence-corrected chi connectivity index (χ3v) is 7.67. The van der Waals surface area contributed by atoms with Gasteiger partial charge in [-0.3, -0.25) is 4.79 Å². The first-order valence-electron chi connectivity index (χ1n) is 10.2. The second-order valence-electron chi connectivity index (χ2n) is 7.89. The molecular weight excluding hydrogens is 384 g/mol. The molecule has 156 valence electrons. The number of carbonyl (C=O) groups is 1. The van der Waals surface area contributed by atoms with Crippen LogP contribution in [0.2, 0.25) is 0 Å². The lowest BCUT2D eigenvalue weighted by Gasteiger charge is -2.31. The summed E-state index contributed by atoms with van der Waals surface area (Å²) in [5.41, 5.74) is 3.02. The lowest BCUT2D eigenvalue weighted by molar-refractivity contribution is -0.135. The quantitative estimate of drug-likeness (QED) is 0.718. The molecule has 1 atom stereocenters. The second-order valence-corrected chi connectivity index (χ2v) is 9.78.